The van der Waals surface area contributed by atoms with Crippen LogP contribution in [-0.4, -0.2) is 5.91 Å². The van der Waals surface area contributed by atoms with Crippen LogP contribution in [0.1, 0.15) is 16.2 Å². The van der Waals surface area contributed by atoms with Gasteiger partial charge in [0.05, 0.1) is 19.2 Å². The number of thiophene rings is 1. The van der Waals surface area contributed by atoms with Gasteiger partial charge in [-0.3, -0.25) is 4.79 Å². The standard InChI is InChI=1S/C18H18N2O2S/c21-18(20-12-16-3-1-9-22-16)11-14-5-7-15(8-6-14)19-13-17-4-2-10-23-17/h1-10,19H,11-13H2,(H,20,21). The molecule has 23 heavy (non-hydrogen) atoms. The third-order valence-electron chi connectivity index (χ3n) is 3.41. The number of carbonyl (C=O) groups excluding carboxylic acids is 1. The first kappa shape index (κ1) is 15.4. The molecule has 5 heteroatoms. The molecular formula is C18H18N2O2S. The van der Waals surface area contributed by atoms with Crippen LogP contribution in [0.2, 0.25) is 0 Å². The zero-order valence-electron chi connectivity index (χ0n) is 12.6. The van der Waals surface area contributed by atoms with Gasteiger partial charge in [0.15, 0.2) is 0 Å². The maximum atomic E-state index is 11.9. The van der Waals surface area contributed by atoms with E-state index in [1.165, 1.54) is 4.88 Å². The molecule has 1 amide bonds. The zero-order chi connectivity index (χ0) is 15.9. The molecule has 2 heterocycles. The average molecular weight is 326 g/mol. The van der Waals surface area contributed by atoms with E-state index in [4.69, 9.17) is 4.42 Å². The fourth-order valence-electron chi connectivity index (χ4n) is 2.19. The van der Waals surface area contributed by atoms with Crippen molar-refractivity contribution in [3.63, 3.8) is 0 Å². The van der Waals surface area contributed by atoms with Gasteiger partial charge >= 0.3 is 0 Å². The lowest BCUT2D eigenvalue weighted by atomic mass is 10.1. The van der Waals surface area contributed by atoms with Crippen molar-refractivity contribution in [1.29, 1.82) is 0 Å². The van der Waals surface area contributed by atoms with Crippen LogP contribution in [0.25, 0.3) is 0 Å². The van der Waals surface area contributed by atoms with Gasteiger partial charge in [-0.15, -0.1) is 11.3 Å². The monoisotopic (exact) mass is 326 g/mol. The van der Waals surface area contributed by atoms with E-state index in [2.05, 4.69) is 22.1 Å². The fourth-order valence-corrected chi connectivity index (χ4v) is 2.83. The molecule has 0 radical (unpaired) electrons. The summed E-state index contributed by atoms with van der Waals surface area (Å²) in [6, 6.07) is 15.8. The largest absolute Gasteiger partial charge is 0.467 e. The normalized spacial score (nSPS) is 10.4. The van der Waals surface area contributed by atoms with Crippen LogP contribution in [0, 0.1) is 0 Å². The number of hydrogen-bond acceptors (Lipinski definition) is 4. The van der Waals surface area contributed by atoms with Gasteiger partial charge in [-0.2, -0.15) is 0 Å². The van der Waals surface area contributed by atoms with Gasteiger partial charge in [-0.05, 0) is 41.3 Å². The van der Waals surface area contributed by atoms with Crippen molar-refractivity contribution in [2.24, 2.45) is 0 Å². The van der Waals surface area contributed by atoms with Crippen molar-refractivity contribution in [1.82, 2.24) is 5.32 Å². The zero-order valence-corrected chi connectivity index (χ0v) is 13.4. The van der Waals surface area contributed by atoms with Crippen molar-refractivity contribution in [2.75, 3.05) is 5.32 Å². The van der Waals surface area contributed by atoms with Crippen molar-refractivity contribution < 1.29 is 9.21 Å². The van der Waals surface area contributed by atoms with E-state index in [-0.39, 0.29) is 5.91 Å². The predicted molar refractivity (Wildman–Crippen MR) is 92.3 cm³/mol. The Morgan fingerprint density at radius 3 is 2.61 bits per heavy atom. The smallest absolute Gasteiger partial charge is 0.224 e. The van der Waals surface area contributed by atoms with E-state index < -0.39 is 0 Å². The van der Waals surface area contributed by atoms with E-state index >= 15 is 0 Å². The fraction of sp³-hybridized carbons (Fsp3) is 0.167. The summed E-state index contributed by atoms with van der Waals surface area (Å²) in [6.45, 7) is 1.24. The molecule has 0 aliphatic heterocycles. The number of rotatable bonds is 7. The first-order valence-corrected chi connectivity index (χ1v) is 8.32. The number of amides is 1. The molecule has 0 unspecified atom stereocenters. The number of anilines is 1. The van der Waals surface area contributed by atoms with E-state index in [0.29, 0.717) is 13.0 Å². The topological polar surface area (TPSA) is 54.3 Å². The maximum Gasteiger partial charge on any atom is 0.224 e. The molecule has 0 atom stereocenters. The van der Waals surface area contributed by atoms with Crippen LogP contribution in [0.4, 0.5) is 5.69 Å². The minimum absolute atomic E-state index is 0.0132. The molecule has 3 aromatic rings. The van der Waals surface area contributed by atoms with E-state index in [0.717, 1.165) is 23.6 Å². The molecule has 0 spiro atoms. The van der Waals surface area contributed by atoms with Gasteiger partial charge in [-0.25, -0.2) is 0 Å². The van der Waals surface area contributed by atoms with Gasteiger partial charge in [0, 0.05) is 17.1 Å². The lowest BCUT2D eigenvalue weighted by Gasteiger charge is -2.07. The third kappa shape index (κ3) is 4.72. The summed E-state index contributed by atoms with van der Waals surface area (Å²) in [5.41, 5.74) is 2.04. The summed E-state index contributed by atoms with van der Waals surface area (Å²) in [6.07, 6.45) is 1.97. The first-order valence-electron chi connectivity index (χ1n) is 7.44. The van der Waals surface area contributed by atoms with Crippen molar-refractivity contribution >= 4 is 22.9 Å². The molecule has 2 N–H and O–H groups in total. The molecular weight excluding hydrogens is 308 g/mol. The summed E-state index contributed by atoms with van der Waals surface area (Å²) < 4.78 is 5.19. The SMILES string of the molecule is O=C(Cc1ccc(NCc2cccs2)cc1)NCc1ccco1. The van der Waals surface area contributed by atoms with Crippen LogP contribution < -0.4 is 10.6 Å². The first-order chi connectivity index (χ1) is 11.3. The summed E-state index contributed by atoms with van der Waals surface area (Å²) in [5.74, 6) is 0.743. The quantitative estimate of drug-likeness (QED) is 0.694. The van der Waals surface area contributed by atoms with Gasteiger partial charge in [0.1, 0.15) is 5.76 Å². The lowest BCUT2D eigenvalue weighted by Crippen LogP contribution is -2.24. The molecule has 2 aromatic heterocycles. The minimum atomic E-state index is -0.0132. The Labute approximate surface area is 139 Å². The van der Waals surface area contributed by atoms with E-state index in [1.54, 1.807) is 17.6 Å². The highest BCUT2D eigenvalue weighted by atomic mass is 32.1. The van der Waals surface area contributed by atoms with E-state index in [1.807, 2.05) is 42.5 Å². The molecule has 1 aromatic carbocycles. The average Bonchev–Trinajstić information content (AvgIpc) is 3.26. The van der Waals surface area contributed by atoms with Crippen LogP contribution >= 0.6 is 11.3 Å². The molecule has 0 bridgehead atoms. The molecule has 0 saturated heterocycles. The number of carbonyl (C=O) groups is 1. The van der Waals surface area contributed by atoms with Crippen LogP contribution in [0.3, 0.4) is 0 Å². The summed E-state index contributed by atoms with van der Waals surface area (Å²) in [5, 5.41) is 8.28. The van der Waals surface area contributed by atoms with Crippen LogP contribution in [0.15, 0.2) is 64.6 Å². The lowest BCUT2D eigenvalue weighted by molar-refractivity contribution is -0.120. The van der Waals surface area contributed by atoms with Crippen molar-refractivity contribution in [2.45, 2.75) is 19.5 Å². The number of nitrogens with one attached hydrogen (secondary N) is 2. The van der Waals surface area contributed by atoms with Gasteiger partial charge < -0.3 is 15.1 Å². The van der Waals surface area contributed by atoms with Crippen LogP contribution in [0.5, 0.6) is 0 Å². The number of hydrogen-bond donors (Lipinski definition) is 2. The molecule has 0 fully saturated rings. The third-order valence-corrected chi connectivity index (χ3v) is 4.28. The highest BCUT2D eigenvalue weighted by molar-refractivity contribution is 7.09. The molecule has 0 saturated carbocycles. The highest BCUT2D eigenvalue weighted by Crippen LogP contribution is 2.14. The summed E-state index contributed by atoms with van der Waals surface area (Å²) >= 11 is 1.73. The molecule has 4 nitrogen and oxygen atoms in total. The second-order valence-corrected chi connectivity index (χ2v) is 6.19. The Kier molecular flexibility index (Phi) is 5.11. The molecule has 0 aliphatic carbocycles. The van der Waals surface area contributed by atoms with Crippen LogP contribution in [-0.2, 0) is 24.3 Å². The van der Waals surface area contributed by atoms with Crippen molar-refractivity contribution in [3.05, 3.63) is 76.4 Å². The van der Waals surface area contributed by atoms with Gasteiger partial charge in [0.2, 0.25) is 5.91 Å². The van der Waals surface area contributed by atoms with E-state index in [9.17, 15) is 4.79 Å². The molecule has 0 aliphatic rings. The Morgan fingerprint density at radius 1 is 1.04 bits per heavy atom. The second kappa shape index (κ2) is 7.65. The Hall–Kier alpha value is -2.53. The Morgan fingerprint density at radius 2 is 1.91 bits per heavy atom. The van der Waals surface area contributed by atoms with Gasteiger partial charge in [0.25, 0.3) is 0 Å². The second-order valence-electron chi connectivity index (χ2n) is 5.16. The van der Waals surface area contributed by atoms with Gasteiger partial charge in [-0.1, -0.05) is 18.2 Å². The van der Waals surface area contributed by atoms with Crippen molar-refractivity contribution in [3.8, 4) is 0 Å². The number of furan rings is 1. The Bertz CT molecular complexity index is 719. The Balaban J connectivity index is 1.46. The highest BCUT2D eigenvalue weighted by Gasteiger charge is 2.04. The molecule has 3 rings (SSSR count). The summed E-state index contributed by atoms with van der Waals surface area (Å²) in [7, 11) is 0. The predicted octanol–water partition coefficient (Wildman–Crippen LogP) is 3.81. The maximum absolute atomic E-state index is 11.9. The minimum Gasteiger partial charge on any atom is -0.467 e. The number of benzene rings is 1. The summed E-state index contributed by atoms with van der Waals surface area (Å²) in [4.78, 5) is 13.2. The molecule has 118 valence electrons.